The Kier molecular flexibility index (Phi) is 11.7. The molecular formula is C50H80ClNO4. The monoisotopic (exact) mass is 794 g/mol. The van der Waals surface area contributed by atoms with Crippen LogP contribution in [0.1, 0.15) is 196 Å². The van der Waals surface area contributed by atoms with E-state index in [1.165, 1.54) is 128 Å². The Balaban J connectivity index is 0.869. The van der Waals surface area contributed by atoms with Crippen LogP contribution >= 0.6 is 11.6 Å². The number of carbonyl (C=O) groups excluding carboxylic acids is 2. The minimum atomic E-state index is -1.65. The van der Waals surface area contributed by atoms with Crippen LogP contribution in [0.3, 0.4) is 0 Å². The first-order chi connectivity index (χ1) is 26.6. The number of nitrogens with zero attached hydrogens (tertiary/aromatic N) is 1. The number of imide groups is 1. The highest BCUT2D eigenvalue weighted by Crippen LogP contribution is 2.70. The standard InChI is InChI=1S/C50H80ClNO4/c1-31(37-19-21-39-35-17-15-33-11-7-9-27-47(33,3)41(35)25-29-49(37,39)5)13-23-43(53)52(45(51)46(55)56)44(54)24-14-32(2)38-20-22-40-36-18-16-34-12-8-10-28-48(34,4)42(36)26-30-50(38,40)6/h31-42,45H,7-30H2,1-6H3,(H,55,56)/t31-,32-,33?,34?,35+,36+,37-,38-,39+,40+,41+,42+,45?,47+,48+,49-,50-/m1/s1. The summed E-state index contributed by atoms with van der Waals surface area (Å²) in [5.74, 6) is 6.62. The number of rotatable bonds is 10. The van der Waals surface area contributed by atoms with Crippen LogP contribution in [0.5, 0.6) is 0 Å². The molecule has 56 heavy (non-hydrogen) atoms. The first-order valence-corrected chi connectivity index (χ1v) is 24.8. The number of aliphatic carboxylic acids is 1. The first-order valence-electron chi connectivity index (χ1n) is 24.3. The highest BCUT2D eigenvalue weighted by Gasteiger charge is 2.62. The Hall–Kier alpha value is -1.10. The molecule has 8 aliphatic carbocycles. The van der Waals surface area contributed by atoms with Gasteiger partial charge < -0.3 is 5.11 Å². The maximum atomic E-state index is 13.9. The van der Waals surface area contributed by atoms with E-state index >= 15 is 0 Å². The highest BCUT2D eigenvalue weighted by molar-refractivity contribution is 6.31. The molecule has 0 radical (unpaired) electrons. The fourth-order valence-corrected chi connectivity index (χ4v) is 18.6. The molecule has 8 rings (SSSR count). The maximum Gasteiger partial charge on any atom is 0.342 e. The molecule has 0 bridgehead atoms. The summed E-state index contributed by atoms with van der Waals surface area (Å²) in [6.45, 7) is 15.1. The average molecular weight is 795 g/mol. The van der Waals surface area contributed by atoms with Gasteiger partial charge in [-0.2, -0.15) is 0 Å². The van der Waals surface area contributed by atoms with Crippen molar-refractivity contribution in [1.29, 1.82) is 0 Å². The number of hydrogen-bond donors (Lipinski definition) is 1. The molecule has 0 aromatic heterocycles. The van der Waals surface area contributed by atoms with E-state index in [2.05, 4.69) is 41.5 Å². The van der Waals surface area contributed by atoms with Crippen molar-refractivity contribution < 1.29 is 19.5 Å². The molecule has 8 aliphatic rings. The molecule has 0 heterocycles. The lowest BCUT2D eigenvalue weighted by Crippen LogP contribution is -2.53. The van der Waals surface area contributed by atoms with Gasteiger partial charge >= 0.3 is 5.97 Å². The number of halogens is 1. The molecule has 1 N–H and O–H groups in total. The van der Waals surface area contributed by atoms with Crippen molar-refractivity contribution in [2.24, 2.45) is 92.7 Å². The summed E-state index contributed by atoms with van der Waals surface area (Å²) < 4.78 is 0. The van der Waals surface area contributed by atoms with Gasteiger partial charge in [0.25, 0.3) is 0 Å². The van der Waals surface area contributed by atoms with Gasteiger partial charge in [0, 0.05) is 12.8 Å². The molecule has 2 amide bonds. The Labute approximate surface area is 346 Å². The van der Waals surface area contributed by atoms with Gasteiger partial charge in [-0.3, -0.25) is 14.5 Å². The third kappa shape index (κ3) is 6.79. The van der Waals surface area contributed by atoms with E-state index in [1.807, 2.05) is 0 Å². The molecule has 0 aromatic carbocycles. The Morgan fingerprint density at radius 2 is 0.964 bits per heavy atom. The highest BCUT2D eigenvalue weighted by atomic mass is 35.5. The second-order valence-electron chi connectivity index (χ2n) is 23.1. The summed E-state index contributed by atoms with van der Waals surface area (Å²) in [4.78, 5) is 41.0. The fraction of sp³-hybridized carbons (Fsp3) is 0.940. The topological polar surface area (TPSA) is 74.7 Å². The van der Waals surface area contributed by atoms with E-state index in [-0.39, 0.29) is 12.8 Å². The lowest BCUT2D eigenvalue weighted by molar-refractivity contribution is -0.155. The van der Waals surface area contributed by atoms with E-state index in [4.69, 9.17) is 11.6 Å². The van der Waals surface area contributed by atoms with Crippen LogP contribution in [0.2, 0.25) is 0 Å². The van der Waals surface area contributed by atoms with Crippen LogP contribution in [0.4, 0.5) is 0 Å². The SMILES string of the molecule is C[C@H](CCC(=O)N(C(=O)CC[C@@H](C)[C@H]1CC[C@H]2[C@@H]3CCC4CCCC[C@]4(C)[C@H]3CC[C@]12C)C(Cl)C(=O)O)[C@H]1CC[C@H]2[C@@H]3CCC4CCCC[C@]4(C)[C@H]3CC[C@]12C. The van der Waals surface area contributed by atoms with Gasteiger partial charge in [0.2, 0.25) is 17.3 Å². The molecule has 316 valence electrons. The molecule has 6 heteroatoms. The molecule has 0 saturated heterocycles. The van der Waals surface area contributed by atoms with Gasteiger partial charge in [-0.05, 0) is 208 Å². The van der Waals surface area contributed by atoms with Gasteiger partial charge in [0.15, 0.2) is 0 Å². The van der Waals surface area contributed by atoms with Crippen molar-refractivity contribution in [2.45, 2.75) is 201 Å². The van der Waals surface area contributed by atoms with Crippen molar-refractivity contribution in [1.82, 2.24) is 4.90 Å². The molecule has 0 spiro atoms. The second-order valence-corrected chi connectivity index (χ2v) is 23.5. The zero-order valence-electron chi connectivity index (χ0n) is 36.5. The van der Waals surface area contributed by atoms with Crippen LogP contribution in [0.25, 0.3) is 0 Å². The largest absolute Gasteiger partial charge is 0.479 e. The van der Waals surface area contributed by atoms with Crippen LogP contribution < -0.4 is 0 Å². The second kappa shape index (κ2) is 15.7. The van der Waals surface area contributed by atoms with Crippen molar-refractivity contribution >= 4 is 29.4 Å². The average Bonchev–Trinajstić information content (AvgIpc) is 3.72. The summed E-state index contributed by atoms with van der Waals surface area (Å²) in [5.41, 5.74) is 0.0493. The molecule has 3 unspecified atom stereocenters. The van der Waals surface area contributed by atoms with Gasteiger partial charge in [-0.1, -0.05) is 78.8 Å². The molecule has 17 atom stereocenters. The van der Waals surface area contributed by atoms with E-state index in [1.54, 1.807) is 0 Å². The number of alkyl halides is 1. The fourth-order valence-electron chi connectivity index (χ4n) is 18.4. The van der Waals surface area contributed by atoms with Crippen molar-refractivity contribution in [3.63, 3.8) is 0 Å². The predicted octanol–water partition coefficient (Wildman–Crippen LogP) is 12.9. The molecule has 0 aromatic rings. The van der Waals surface area contributed by atoms with Crippen LogP contribution in [0, 0.1) is 92.7 Å². The number of amides is 2. The zero-order chi connectivity index (χ0) is 39.8. The third-order valence-corrected chi connectivity index (χ3v) is 21.7. The summed E-state index contributed by atoms with van der Waals surface area (Å²) >= 11 is 6.42. The van der Waals surface area contributed by atoms with E-state index < -0.39 is 23.3 Å². The smallest absolute Gasteiger partial charge is 0.342 e. The number of carboxylic acids is 1. The van der Waals surface area contributed by atoms with E-state index in [9.17, 15) is 19.5 Å². The Morgan fingerprint density at radius 1 is 0.554 bits per heavy atom. The quantitative estimate of drug-likeness (QED) is 0.177. The Morgan fingerprint density at radius 3 is 1.38 bits per heavy atom. The summed E-state index contributed by atoms with van der Waals surface area (Å²) in [6, 6.07) is 0. The lowest BCUT2D eigenvalue weighted by Gasteiger charge is -2.61. The van der Waals surface area contributed by atoms with Crippen molar-refractivity contribution in [2.75, 3.05) is 0 Å². The van der Waals surface area contributed by atoms with E-state index in [0.29, 0.717) is 58.2 Å². The molecule has 8 saturated carbocycles. The summed E-state index contributed by atoms with van der Waals surface area (Å²) in [7, 11) is 0. The number of fused-ring (bicyclic) bond motifs is 10. The Bertz CT molecular complexity index is 1380. The van der Waals surface area contributed by atoms with Crippen LogP contribution in [-0.2, 0) is 14.4 Å². The molecule has 8 fully saturated rings. The minimum Gasteiger partial charge on any atom is -0.479 e. The minimum absolute atomic E-state index is 0.187. The first kappa shape index (κ1) is 41.6. The normalized spacial score (nSPS) is 47.1. The predicted molar refractivity (Wildman–Crippen MR) is 226 cm³/mol. The lowest BCUT2D eigenvalue weighted by atomic mass is 9.44. The maximum absolute atomic E-state index is 13.9. The number of hydrogen-bond acceptors (Lipinski definition) is 3. The van der Waals surface area contributed by atoms with Gasteiger partial charge in [-0.15, -0.1) is 0 Å². The van der Waals surface area contributed by atoms with Crippen LogP contribution in [-0.4, -0.2) is 33.3 Å². The summed E-state index contributed by atoms with van der Waals surface area (Å²) in [6.07, 6.45) is 29.3. The number of carbonyl (C=O) groups is 3. The van der Waals surface area contributed by atoms with Gasteiger partial charge in [0.05, 0.1) is 0 Å². The number of carboxylic acid groups (broad SMARTS) is 1. The van der Waals surface area contributed by atoms with Gasteiger partial charge in [-0.25, -0.2) is 4.79 Å². The zero-order valence-corrected chi connectivity index (χ0v) is 37.2. The molecular weight excluding hydrogens is 714 g/mol. The summed E-state index contributed by atoms with van der Waals surface area (Å²) in [5, 5.41) is 9.97. The molecule has 5 nitrogen and oxygen atoms in total. The molecule has 0 aliphatic heterocycles. The van der Waals surface area contributed by atoms with Crippen molar-refractivity contribution in [3.8, 4) is 0 Å². The van der Waals surface area contributed by atoms with E-state index in [0.717, 1.165) is 52.2 Å². The third-order valence-electron chi connectivity index (χ3n) is 21.3. The van der Waals surface area contributed by atoms with Gasteiger partial charge in [0.1, 0.15) is 0 Å². The van der Waals surface area contributed by atoms with Crippen molar-refractivity contribution in [3.05, 3.63) is 0 Å². The van der Waals surface area contributed by atoms with Crippen LogP contribution in [0.15, 0.2) is 0 Å².